The Hall–Kier alpha value is 0.353. The van der Waals surface area contributed by atoms with Gasteiger partial charge in [0.05, 0.1) is 0 Å². The van der Waals surface area contributed by atoms with Gasteiger partial charge in [0, 0.05) is 18.6 Å². The monoisotopic (exact) mass is 270 g/mol. The van der Waals surface area contributed by atoms with E-state index in [0.717, 1.165) is 6.54 Å². The number of hydrogen-bond donors (Lipinski definition) is 0. The first kappa shape index (κ1) is 13.4. The molecular weight excluding hydrogens is 258 g/mol. The molecule has 0 aliphatic rings. The van der Waals surface area contributed by atoms with Crippen LogP contribution < -0.4 is 4.57 Å². The van der Waals surface area contributed by atoms with E-state index in [9.17, 15) is 0 Å². The van der Waals surface area contributed by atoms with Crippen molar-refractivity contribution < 1.29 is 19.7 Å². The Labute approximate surface area is 95.7 Å². The number of nitrogens with zero attached hydrogens (tertiary/aromatic N) is 1. The SMILES string of the molecule is CCCC[n+]1ccccc1.[Cl][Zn][Cl]. The van der Waals surface area contributed by atoms with Crippen LogP contribution in [0.5, 0.6) is 0 Å². The Morgan fingerprint density at radius 1 is 1.15 bits per heavy atom. The summed E-state index contributed by atoms with van der Waals surface area (Å²) in [6.45, 7) is 3.36. The molecule has 0 bridgehead atoms. The van der Waals surface area contributed by atoms with E-state index in [4.69, 9.17) is 19.4 Å². The van der Waals surface area contributed by atoms with Crippen molar-refractivity contribution in [3.8, 4) is 0 Å². The Balaban J connectivity index is 0.000000424. The fraction of sp³-hybridized carbons (Fsp3) is 0.444. The van der Waals surface area contributed by atoms with Crippen LogP contribution in [-0.2, 0) is 21.7 Å². The molecule has 0 unspecified atom stereocenters. The van der Waals surface area contributed by atoms with E-state index in [2.05, 4.69) is 36.0 Å². The summed E-state index contributed by atoms with van der Waals surface area (Å²) >= 11 is -0.931. The van der Waals surface area contributed by atoms with Gasteiger partial charge in [0.15, 0.2) is 12.4 Å². The first-order valence-electron chi connectivity index (χ1n) is 4.41. The van der Waals surface area contributed by atoms with Crippen LogP contribution in [0.1, 0.15) is 19.8 Å². The van der Waals surface area contributed by atoms with E-state index in [1.165, 1.54) is 12.8 Å². The van der Waals surface area contributed by atoms with Gasteiger partial charge in [0.25, 0.3) is 0 Å². The molecule has 1 heterocycles. The molecule has 0 aromatic carbocycles. The topological polar surface area (TPSA) is 3.88 Å². The molecule has 0 atom stereocenters. The quantitative estimate of drug-likeness (QED) is 0.588. The molecule has 1 rings (SSSR count). The van der Waals surface area contributed by atoms with Gasteiger partial charge in [-0.05, 0) is 0 Å². The molecule has 0 amide bonds. The second-order valence-corrected chi connectivity index (χ2v) is 7.19. The van der Waals surface area contributed by atoms with Crippen molar-refractivity contribution in [1.82, 2.24) is 0 Å². The van der Waals surface area contributed by atoms with Gasteiger partial charge in [-0.1, -0.05) is 19.4 Å². The summed E-state index contributed by atoms with van der Waals surface area (Å²) in [4.78, 5) is 0. The summed E-state index contributed by atoms with van der Waals surface area (Å²) in [7, 11) is 9.90. The van der Waals surface area contributed by atoms with Gasteiger partial charge in [0.2, 0.25) is 0 Å². The molecule has 0 N–H and O–H groups in total. The number of rotatable bonds is 3. The first-order valence-corrected chi connectivity index (χ1v) is 12.2. The molecule has 4 heteroatoms. The molecule has 0 aliphatic heterocycles. The molecule has 0 saturated carbocycles. The second kappa shape index (κ2) is 10.4. The fourth-order valence-corrected chi connectivity index (χ4v) is 0.924. The zero-order valence-electron chi connectivity index (χ0n) is 7.92. The number of aromatic nitrogens is 1. The number of hydrogen-bond acceptors (Lipinski definition) is 0. The average Bonchev–Trinajstić information content (AvgIpc) is 2.18. The second-order valence-electron chi connectivity index (χ2n) is 2.57. The van der Waals surface area contributed by atoms with Crippen molar-refractivity contribution in [2.24, 2.45) is 0 Å². The molecular formula is C9H14Cl2NZn+. The molecule has 0 fully saturated rings. The first-order chi connectivity index (χ1) is 6.35. The third-order valence-electron chi connectivity index (χ3n) is 1.55. The van der Waals surface area contributed by atoms with Crippen LogP contribution >= 0.6 is 19.4 Å². The normalized spacial score (nSPS) is 8.23. The van der Waals surface area contributed by atoms with E-state index in [1.54, 1.807) is 0 Å². The predicted molar refractivity (Wildman–Crippen MR) is 53.3 cm³/mol. The minimum atomic E-state index is -0.931. The van der Waals surface area contributed by atoms with Crippen molar-refractivity contribution >= 4 is 19.4 Å². The summed E-state index contributed by atoms with van der Waals surface area (Å²) in [6.07, 6.45) is 6.75. The van der Waals surface area contributed by atoms with Crippen LogP contribution in [-0.4, -0.2) is 0 Å². The molecule has 13 heavy (non-hydrogen) atoms. The minimum absolute atomic E-state index is 0.931. The van der Waals surface area contributed by atoms with Gasteiger partial charge in [-0.15, -0.1) is 0 Å². The molecule has 0 aliphatic carbocycles. The molecule has 70 valence electrons. The zero-order chi connectivity index (χ0) is 9.94. The number of pyridine rings is 1. The molecule has 1 nitrogen and oxygen atoms in total. The maximum atomic E-state index is 4.95. The summed E-state index contributed by atoms with van der Waals surface area (Å²) in [5, 5.41) is 0. The van der Waals surface area contributed by atoms with Crippen molar-refractivity contribution in [1.29, 1.82) is 0 Å². The zero-order valence-corrected chi connectivity index (χ0v) is 12.4. The van der Waals surface area contributed by atoms with Gasteiger partial charge in [-0.2, -0.15) is 0 Å². The molecule has 1 aromatic heterocycles. The van der Waals surface area contributed by atoms with E-state index in [0.29, 0.717) is 0 Å². The standard InChI is InChI=1S/C9H14N.2ClH.Zn/c1-2-3-7-10-8-5-4-6-9-10;;;/h4-6,8-9H,2-3,7H2,1H3;2*1H;/q+1;;;+2/p-2. The summed E-state index contributed by atoms with van der Waals surface area (Å²) < 4.78 is 2.21. The van der Waals surface area contributed by atoms with Crippen molar-refractivity contribution in [2.75, 3.05) is 0 Å². The van der Waals surface area contributed by atoms with Crippen LogP contribution in [0.15, 0.2) is 30.6 Å². The van der Waals surface area contributed by atoms with Crippen molar-refractivity contribution in [2.45, 2.75) is 26.3 Å². The Morgan fingerprint density at radius 3 is 2.15 bits per heavy atom. The number of unbranched alkanes of at least 4 members (excludes halogenated alkanes) is 1. The Morgan fingerprint density at radius 2 is 1.69 bits per heavy atom. The van der Waals surface area contributed by atoms with Gasteiger partial charge >= 0.3 is 34.5 Å². The van der Waals surface area contributed by atoms with E-state index in [1.807, 2.05) is 6.07 Å². The van der Waals surface area contributed by atoms with Gasteiger partial charge in [0.1, 0.15) is 6.54 Å². The van der Waals surface area contributed by atoms with E-state index in [-0.39, 0.29) is 0 Å². The molecule has 1 aromatic rings. The van der Waals surface area contributed by atoms with Gasteiger partial charge in [-0.3, -0.25) is 0 Å². The molecule has 0 spiro atoms. The summed E-state index contributed by atoms with van der Waals surface area (Å²) in [5.74, 6) is 0. The maximum absolute atomic E-state index is 4.95. The molecule has 0 radical (unpaired) electrons. The third-order valence-corrected chi connectivity index (χ3v) is 1.55. The third kappa shape index (κ3) is 8.68. The predicted octanol–water partition coefficient (Wildman–Crippen LogP) is 3.15. The van der Waals surface area contributed by atoms with Crippen molar-refractivity contribution in [3.05, 3.63) is 30.6 Å². The Bertz CT molecular complexity index is 194. The van der Waals surface area contributed by atoms with Gasteiger partial charge < -0.3 is 0 Å². The van der Waals surface area contributed by atoms with Crippen molar-refractivity contribution in [3.63, 3.8) is 0 Å². The van der Waals surface area contributed by atoms with Crippen LogP contribution in [0.25, 0.3) is 0 Å². The van der Waals surface area contributed by atoms with E-state index < -0.39 is 15.1 Å². The summed E-state index contributed by atoms with van der Waals surface area (Å²) in [6, 6.07) is 6.17. The molecule has 0 saturated heterocycles. The van der Waals surface area contributed by atoms with Crippen LogP contribution in [0.2, 0.25) is 0 Å². The number of halogens is 2. The van der Waals surface area contributed by atoms with Crippen LogP contribution in [0.3, 0.4) is 0 Å². The fourth-order valence-electron chi connectivity index (χ4n) is 0.924. The van der Waals surface area contributed by atoms with Crippen LogP contribution in [0.4, 0.5) is 0 Å². The summed E-state index contributed by atoms with van der Waals surface area (Å²) in [5.41, 5.74) is 0. The Kier molecular flexibility index (Phi) is 10.7. The average molecular weight is 273 g/mol. The van der Waals surface area contributed by atoms with E-state index >= 15 is 0 Å². The number of aryl methyl sites for hydroxylation is 1. The van der Waals surface area contributed by atoms with Crippen LogP contribution in [0, 0.1) is 0 Å². The van der Waals surface area contributed by atoms with Gasteiger partial charge in [-0.25, -0.2) is 4.57 Å².